The highest BCUT2D eigenvalue weighted by molar-refractivity contribution is 9.10. The van der Waals surface area contributed by atoms with E-state index in [1.165, 1.54) is 26.4 Å². The number of hydrogen-bond acceptors (Lipinski definition) is 5. The molecule has 2 rings (SSSR count). The first-order chi connectivity index (χ1) is 11.8. The van der Waals surface area contributed by atoms with Gasteiger partial charge in [-0.05, 0) is 47.5 Å². The van der Waals surface area contributed by atoms with Crippen molar-refractivity contribution in [2.75, 3.05) is 14.2 Å². The predicted octanol–water partition coefficient (Wildman–Crippen LogP) is 3.51. The molecule has 0 radical (unpaired) electrons. The lowest BCUT2D eigenvalue weighted by Crippen LogP contribution is -2.31. The van der Waals surface area contributed by atoms with Gasteiger partial charge in [-0.1, -0.05) is 6.07 Å². The maximum Gasteiger partial charge on any atom is 0.336 e. The summed E-state index contributed by atoms with van der Waals surface area (Å²) in [6.07, 6.45) is 3.29. The molecule has 0 amide bonds. The average Bonchev–Trinajstić information content (AvgIpc) is 2.61. The second-order valence-corrected chi connectivity index (χ2v) is 6.65. The molecule has 1 aliphatic rings. The van der Waals surface area contributed by atoms with Crippen molar-refractivity contribution < 1.29 is 23.5 Å². The van der Waals surface area contributed by atoms with E-state index < -0.39 is 23.7 Å². The second kappa shape index (κ2) is 7.82. The normalized spacial score (nSPS) is 14.9. The first-order valence-electron chi connectivity index (χ1n) is 7.62. The van der Waals surface area contributed by atoms with E-state index in [4.69, 9.17) is 9.47 Å². The minimum absolute atomic E-state index is 0.0141. The molecule has 0 saturated heterocycles. The third-order valence-corrected chi connectivity index (χ3v) is 4.52. The van der Waals surface area contributed by atoms with Gasteiger partial charge < -0.3 is 14.4 Å². The van der Waals surface area contributed by atoms with E-state index in [1.54, 1.807) is 23.4 Å². The van der Waals surface area contributed by atoms with Crippen LogP contribution in [0.15, 0.2) is 46.2 Å². The number of nitrogens with zero attached hydrogens (tertiary/aromatic N) is 1. The van der Waals surface area contributed by atoms with Crippen LogP contribution in [0.2, 0.25) is 0 Å². The molecule has 1 aliphatic heterocycles. The van der Waals surface area contributed by atoms with Crippen molar-refractivity contribution in [2.45, 2.75) is 25.8 Å². The Bertz CT molecular complexity index is 723. The standard InChI is InChI=1S/C18H19BrFNO4/c1-10(2)21-8-12(17(22)24-3)16(13(9-21)18(23)25-4)11-5-6-15(20)14(19)7-11/h5-10,16H,1-4H3. The highest BCUT2D eigenvalue weighted by Gasteiger charge is 2.35. The summed E-state index contributed by atoms with van der Waals surface area (Å²) in [5.74, 6) is -2.28. The maximum atomic E-state index is 13.6. The Labute approximate surface area is 154 Å². The number of rotatable bonds is 4. The lowest BCUT2D eigenvalue weighted by Gasteiger charge is -2.32. The van der Waals surface area contributed by atoms with Crippen molar-refractivity contribution in [3.63, 3.8) is 0 Å². The van der Waals surface area contributed by atoms with Gasteiger partial charge in [0.05, 0.1) is 35.8 Å². The fraction of sp³-hybridized carbons (Fsp3) is 0.333. The van der Waals surface area contributed by atoms with Gasteiger partial charge in [0.2, 0.25) is 0 Å². The Morgan fingerprint density at radius 1 is 1.12 bits per heavy atom. The number of ether oxygens (including phenoxy) is 2. The maximum absolute atomic E-state index is 13.6. The van der Waals surface area contributed by atoms with Crippen molar-refractivity contribution >= 4 is 27.9 Å². The number of methoxy groups -OCH3 is 2. The lowest BCUT2D eigenvalue weighted by molar-refractivity contribution is -0.137. The van der Waals surface area contributed by atoms with Crippen molar-refractivity contribution in [3.8, 4) is 0 Å². The number of carbonyl (C=O) groups is 2. The highest BCUT2D eigenvalue weighted by Crippen LogP contribution is 2.38. The summed E-state index contributed by atoms with van der Waals surface area (Å²) in [6, 6.07) is 4.36. The van der Waals surface area contributed by atoms with E-state index >= 15 is 0 Å². The number of esters is 2. The van der Waals surface area contributed by atoms with Gasteiger partial charge in [0.15, 0.2) is 0 Å². The molecule has 1 aromatic rings. The summed E-state index contributed by atoms with van der Waals surface area (Å²) >= 11 is 3.14. The van der Waals surface area contributed by atoms with E-state index in [9.17, 15) is 14.0 Å². The Kier molecular flexibility index (Phi) is 6.00. The van der Waals surface area contributed by atoms with Crippen molar-refractivity contribution in [2.24, 2.45) is 0 Å². The molecule has 25 heavy (non-hydrogen) atoms. The fourth-order valence-corrected chi connectivity index (χ4v) is 3.00. The zero-order valence-electron chi connectivity index (χ0n) is 14.4. The van der Waals surface area contributed by atoms with E-state index in [0.29, 0.717) is 5.56 Å². The van der Waals surface area contributed by atoms with Gasteiger partial charge in [0, 0.05) is 18.4 Å². The number of halogens is 2. The molecule has 5 nitrogen and oxygen atoms in total. The molecule has 0 bridgehead atoms. The molecule has 0 saturated carbocycles. The number of benzene rings is 1. The molecule has 0 atom stereocenters. The first-order valence-corrected chi connectivity index (χ1v) is 8.41. The minimum atomic E-state index is -0.716. The van der Waals surface area contributed by atoms with Gasteiger partial charge in [0.1, 0.15) is 5.82 Å². The smallest absolute Gasteiger partial charge is 0.336 e. The minimum Gasteiger partial charge on any atom is -0.466 e. The largest absolute Gasteiger partial charge is 0.466 e. The van der Waals surface area contributed by atoms with Crippen LogP contribution in [0.3, 0.4) is 0 Å². The van der Waals surface area contributed by atoms with Gasteiger partial charge in [-0.25, -0.2) is 14.0 Å². The van der Waals surface area contributed by atoms with Crippen molar-refractivity contribution in [3.05, 3.63) is 57.6 Å². The summed E-state index contributed by atoms with van der Waals surface area (Å²) in [5, 5.41) is 0. The van der Waals surface area contributed by atoms with E-state index in [0.717, 1.165) is 0 Å². The number of hydrogen-bond donors (Lipinski definition) is 0. The van der Waals surface area contributed by atoms with E-state index in [-0.39, 0.29) is 21.7 Å². The number of carbonyl (C=O) groups excluding carboxylic acids is 2. The summed E-state index contributed by atoms with van der Waals surface area (Å²) < 4.78 is 23.6. The molecular weight excluding hydrogens is 393 g/mol. The quantitative estimate of drug-likeness (QED) is 0.709. The van der Waals surface area contributed by atoms with E-state index in [1.807, 2.05) is 13.8 Å². The molecule has 7 heteroatoms. The Morgan fingerprint density at radius 3 is 2.04 bits per heavy atom. The second-order valence-electron chi connectivity index (χ2n) is 5.80. The van der Waals surface area contributed by atoms with E-state index in [2.05, 4.69) is 15.9 Å². The summed E-state index contributed by atoms with van der Waals surface area (Å²) in [4.78, 5) is 26.4. The zero-order chi connectivity index (χ0) is 18.7. The van der Waals surface area contributed by atoms with Gasteiger partial charge in [-0.3, -0.25) is 0 Å². The van der Waals surface area contributed by atoms with Gasteiger partial charge in [-0.15, -0.1) is 0 Å². The highest BCUT2D eigenvalue weighted by atomic mass is 79.9. The van der Waals surface area contributed by atoms with Crippen LogP contribution in [-0.2, 0) is 19.1 Å². The summed E-state index contributed by atoms with van der Waals surface area (Å²) in [7, 11) is 2.55. The van der Waals surface area contributed by atoms with Crippen LogP contribution in [0.4, 0.5) is 4.39 Å². The third-order valence-electron chi connectivity index (χ3n) is 3.91. The van der Waals surface area contributed by atoms with Crippen LogP contribution < -0.4 is 0 Å². The van der Waals surface area contributed by atoms with Crippen molar-refractivity contribution in [1.29, 1.82) is 0 Å². The van der Waals surface area contributed by atoms with Gasteiger partial charge in [0.25, 0.3) is 0 Å². The predicted molar refractivity (Wildman–Crippen MR) is 94.0 cm³/mol. The SMILES string of the molecule is COC(=O)C1=CN(C(C)C)C=C(C(=O)OC)C1c1ccc(F)c(Br)c1. The van der Waals surface area contributed by atoms with Crippen LogP contribution in [0, 0.1) is 5.82 Å². The summed E-state index contributed by atoms with van der Waals surface area (Å²) in [6.45, 7) is 3.84. The molecular formula is C18H19BrFNO4. The van der Waals surface area contributed by atoms with Gasteiger partial charge in [-0.2, -0.15) is 0 Å². The summed E-state index contributed by atoms with van der Waals surface area (Å²) in [5.41, 5.74) is 1.13. The molecule has 0 spiro atoms. The average molecular weight is 412 g/mol. The molecule has 0 fully saturated rings. The van der Waals surface area contributed by atoms with Crippen LogP contribution in [-0.4, -0.2) is 37.1 Å². The molecule has 134 valence electrons. The topological polar surface area (TPSA) is 55.8 Å². The third kappa shape index (κ3) is 3.92. The lowest BCUT2D eigenvalue weighted by atomic mass is 9.83. The fourth-order valence-electron chi connectivity index (χ4n) is 2.60. The molecule has 0 aliphatic carbocycles. The molecule has 0 unspecified atom stereocenters. The van der Waals surface area contributed by atoms with Crippen LogP contribution >= 0.6 is 15.9 Å². The van der Waals surface area contributed by atoms with Crippen LogP contribution in [0.25, 0.3) is 0 Å². The zero-order valence-corrected chi connectivity index (χ0v) is 16.0. The Morgan fingerprint density at radius 2 is 1.64 bits per heavy atom. The molecule has 1 heterocycles. The monoisotopic (exact) mass is 411 g/mol. The molecule has 1 aromatic carbocycles. The molecule has 0 N–H and O–H groups in total. The van der Waals surface area contributed by atoms with Gasteiger partial charge >= 0.3 is 11.9 Å². The van der Waals surface area contributed by atoms with Crippen molar-refractivity contribution in [1.82, 2.24) is 4.90 Å². The Balaban J connectivity index is 2.65. The Hall–Kier alpha value is -2.15. The van der Waals surface area contributed by atoms with Crippen LogP contribution in [0.1, 0.15) is 25.3 Å². The first kappa shape index (κ1) is 19.2. The molecule has 0 aromatic heterocycles. The van der Waals surface area contributed by atoms with Crippen LogP contribution in [0.5, 0.6) is 0 Å².